The Morgan fingerprint density at radius 2 is 1.85 bits per heavy atom. The molecular formula is C30H31N5O6. The first-order chi connectivity index (χ1) is 19.7. The van der Waals surface area contributed by atoms with Gasteiger partial charge in [-0.25, -0.2) is 9.59 Å². The summed E-state index contributed by atoms with van der Waals surface area (Å²) in [5.41, 5.74) is 4.77. The minimum atomic E-state index is -0.502. The van der Waals surface area contributed by atoms with E-state index in [9.17, 15) is 19.6 Å². The number of nitrogens with zero attached hydrogens (tertiary/aromatic N) is 4. The third-order valence-corrected chi connectivity index (χ3v) is 8.13. The van der Waals surface area contributed by atoms with Crippen molar-refractivity contribution < 1.29 is 23.5 Å². The van der Waals surface area contributed by atoms with Gasteiger partial charge in [-0.3, -0.25) is 9.36 Å². The fourth-order valence-corrected chi connectivity index (χ4v) is 5.98. The van der Waals surface area contributed by atoms with Gasteiger partial charge in [0.2, 0.25) is 6.20 Å². The Morgan fingerprint density at radius 1 is 1.07 bits per heavy atom. The van der Waals surface area contributed by atoms with Crippen LogP contribution in [-0.2, 0) is 13.5 Å². The summed E-state index contributed by atoms with van der Waals surface area (Å²) in [4.78, 5) is 42.4. The van der Waals surface area contributed by atoms with Gasteiger partial charge in [-0.2, -0.15) is 4.73 Å². The Balaban J connectivity index is 1.17. The second-order valence-electron chi connectivity index (χ2n) is 10.7. The maximum absolute atomic E-state index is 13.4. The van der Waals surface area contributed by atoms with Crippen molar-refractivity contribution in [3.8, 4) is 5.75 Å². The third-order valence-electron chi connectivity index (χ3n) is 8.13. The van der Waals surface area contributed by atoms with Crippen molar-refractivity contribution in [1.82, 2.24) is 9.47 Å². The summed E-state index contributed by atoms with van der Waals surface area (Å²) in [6.07, 6.45) is 4.90. The molecule has 4 heterocycles. The average molecular weight is 558 g/mol. The lowest BCUT2D eigenvalue weighted by molar-refractivity contribution is -0.604. The molecule has 0 spiro atoms. The fourth-order valence-electron chi connectivity index (χ4n) is 5.98. The first-order valence-electron chi connectivity index (χ1n) is 13.6. The molecule has 2 aromatic heterocycles. The number of benzene rings is 2. The minimum absolute atomic E-state index is 0.0573. The molecule has 1 N–H and O–H groups in total. The van der Waals surface area contributed by atoms with E-state index < -0.39 is 5.76 Å². The zero-order valence-corrected chi connectivity index (χ0v) is 23.2. The topological polar surface area (TPSA) is 124 Å². The molecular weight excluding hydrogens is 526 g/mol. The maximum Gasteiger partial charge on any atom is 0.419 e. The van der Waals surface area contributed by atoms with Gasteiger partial charge >= 0.3 is 11.8 Å². The van der Waals surface area contributed by atoms with Crippen LogP contribution in [0.1, 0.15) is 39.9 Å². The van der Waals surface area contributed by atoms with E-state index >= 15 is 0 Å². The van der Waals surface area contributed by atoms with E-state index in [0.29, 0.717) is 46.7 Å². The normalized spacial score (nSPS) is 15.9. The van der Waals surface area contributed by atoms with Gasteiger partial charge < -0.3 is 29.5 Å². The number of piperidine rings is 1. The summed E-state index contributed by atoms with van der Waals surface area (Å²) in [6, 6.07) is 10.6. The molecule has 41 heavy (non-hydrogen) atoms. The lowest BCUT2D eigenvalue weighted by atomic mass is 10.00. The number of methoxy groups -OCH3 is 1. The van der Waals surface area contributed by atoms with Crippen molar-refractivity contribution in [3.05, 3.63) is 86.8 Å². The molecule has 2 aromatic carbocycles. The Labute approximate surface area is 236 Å². The predicted octanol–water partition coefficient (Wildman–Crippen LogP) is 3.37. The summed E-state index contributed by atoms with van der Waals surface area (Å²) in [6.45, 7) is 3.68. The van der Waals surface area contributed by atoms with Gasteiger partial charge in [-0.15, -0.1) is 0 Å². The number of carbonyl (C=O) groups excluding carboxylic acids is 2. The Hall–Kier alpha value is -4.80. The van der Waals surface area contributed by atoms with E-state index in [1.165, 1.54) is 17.0 Å². The van der Waals surface area contributed by atoms with Gasteiger partial charge in [0.15, 0.2) is 17.6 Å². The fraction of sp³-hybridized carbons (Fsp3) is 0.333. The number of nitrogens with one attached hydrogen (secondary N) is 1. The van der Waals surface area contributed by atoms with Crippen LogP contribution in [0.5, 0.6) is 5.75 Å². The number of fused-ring (bicyclic) bond motifs is 2. The number of ketones is 1. The standard InChI is InChI=1S/C30H31N5O6/c1-18-12-20(15-26-27(18)32(2)30(38)41-26)28(36)21-13-23(17-34(39)16-21)33-9-7-22(8-10-33)35-11-6-19-14-24(40-3)4-5-25(19)31-29(35)37/h4-5,12-17,22H,6-11H2,1-3H3,(H,31,37). The molecule has 0 unspecified atom stereocenters. The van der Waals surface area contributed by atoms with Crippen LogP contribution in [-0.4, -0.2) is 54.1 Å². The monoisotopic (exact) mass is 557 g/mol. The number of rotatable bonds is 5. The molecule has 0 saturated carbocycles. The zero-order valence-electron chi connectivity index (χ0n) is 23.2. The first kappa shape index (κ1) is 26.4. The van der Waals surface area contributed by atoms with Crippen molar-refractivity contribution in [2.24, 2.45) is 7.05 Å². The number of aromatic nitrogens is 2. The third kappa shape index (κ3) is 4.88. The van der Waals surface area contributed by atoms with Crippen LogP contribution >= 0.6 is 0 Å². The smallest absolute Gasteiger partial charge is 0.419 e. The minimum Gasteiger partial charge on any atom is -0.619 e. The number of carbonyl (C=O) groups is 2. The molecule has 11 heteroatoms. The zero-order chi connectivity index (χ0) is 28.8. The van der Waals surface area contributed by atoms with Crippen LogP contribution in [0.15, 0.2) is 58.0 Å². The molecule has 1 saturated heterocycles. The number of oxazole rings is 1. The highest BCUT2D eigenvalue weighted by atomic mass is 16.5. The molecule has 6 rings (SSSR count). The highest BCUT2D eigenvalue weighted by Gasteiger charge is 2.31. The summed E-state index contributed by atoms with van der Waals surface area (Å²) in [5, 5.41) is 15.6. The van der Waals surface area contributed by atoms with E-state index in [1.54, 1.807) is 32.4 Å². The summed E-state index contributed by atoms with van der Waals surface area (Å²) in [5.74, 6) is -0.0726. The molecule has 2 amide bonds. The van der Waals surface area contributed by atoms with Gasteiger partial charge in [0.05, 0.1) is 18.2 Å². The predicted molar refractivity (Wildman–Crippen MR) is 153 cm³/mol. The SMILES string of the molecule is COc1ccc2c(c1)CCN(C1CCN(c3cc(C(=O)c4cc(C)c5c(c4)oc(=O)n5C)c[n+]([O-])c3)CC1)C(=O)N2. The van der Waals surface area contributed by atoms with Crippen molar-refractivity contribution in [2.45, 2.75) is 32.2 Å². The summed E-state index contributed by atoms with van der Waals surface area (Å²) in [7, 11) is 3.24. The van der Waals surface area contributed by atoms with E-state index in [0.717, 1.165) is 41.8 Å². The molecule has 212 valence electrons. The van der Waals surface area contributed by atoms with Gasteiger partial charge in [0.1, 0.15) is 11.4 Å². The molecule has 1 fully saturated rings. The van der Waals surface area contributed by atoms with E-state index in [-0.39, 0.29) is 23.4 Å². The number of amides is 2. The second-order valence-corrected chi connectivity index (χ2v) is 10.7. The first-order valence-corrected chi connectivity index (χ1v) is 13.6. The van der Waals surface area contributed by atoms with Crippen LogP contribution < -0.4 is 25.4 Å². The van der Waals surface area contributed by atoms with Crippen LogP contribution in [0.2, 0.25) is 0 Å². The highest BCUT2D eigenvalue weighted by molar-refractivity contribution is 6.10. The number of pyridine rings is 1. The van der Waals surface area contributed by atoms with Crippen molar-refractivity contribution in [3.63, 3.8) is 0 Å². The largest absolute Gasteiger partial charge is 0.619 e. The van der Waals surface area contributed by atoms with Crippen LogP contribution in [0.4, 0.5) is 16.2 Å². The van der Waals surface area contributed by atoms with E-state index in [2.05, 4.69) is 10.2 Å². The highest BCUT2D eigenvalue weighted by Crippen LogP contribution is 2.29. The van der Waals surface area contributed by atoms with Crippen molar-refractivity contribution >= 4 is 34.3 Å². The quantitative estimate of drug-likeness (QED) is 0.227. The average Bonchev–Trinajstić information content (AvgIpc) is 3.15. The van der Waals surface area contributed by atoms with Gasteiger partial charge in [-0.05, 0) is 73.7 Å². The summed E-state index contributed by atoms with van der Waals surface area (Å²) >= 11 is 0. The lowest BCUT2D eigenvalue weighted by Gasteiger charge is -2.38. The van der Waals surface area contributed by atoms with Crippen LogP contribution in [0.3, 0.4) is 0 Å². The number of aryl methyl sites for hydroxylation is 2. The lowest BCUT2D eigenvalue weighted by Crippen LogP contribution is -2.49. The van der Waals surface area contributed by atoms with Gasteiger partial charge in [0.25, 0.3) is 0 Å². The molecule has 0 radical (unpaired) electrons. The number of anilines is 2. The molecule has 0 aliphatic carbocycles. The van der Waals surface area contributed by atoms with Crippen molar-refractivity contribution in [1.29, 1.82) is 0 Å². The van der Waals surface area contributed by atoms with Gasteiger partial charge in [-0.1, -0.05) is 0 Å². The van der Waals surface area contributed by atoms with Gasteiger partial charge in [0, 0.05) is 44.0 Å². The Bertz CT molecular complexity index is 1730. The Morgan fingerprint density at radius 3 is 2.61 bits per heavy atom. The van der Waals surface area contributed by atoms with Crippen LogP contribution in [0, 0.1) is 12.1 Å². The van der Waals surface area contributed by atoms with Crippen LogP contribution in [0.25, 0.3) is 11.1 Å². The molecule has 4 aromatic rings. The van der Waals surface area contributed by atoms with E-state index in [4.69, 9.17) is 9.15 Å². The number of ether oxygens (including phenoxy) is 1. The van der Waals surface area contributed by atoms with E-state index in [1.807, 2.05) is 30.0 Å². The number of urea groups is 1. The number of hydrogen-bond donors (Lipinski definition) is 1. The second kappa shape index (κ2) is 10.3. The maximum atomic E-state index is 13.4. The molecule has 11 nitrogen and oxygen atoms in total. The molecule has 0 atom stereocenters. The summed E-state index contributed by atoms with van der Waals surface area (Å²) < 4.78 is 12.7. The molecule has 2 aliphatic rings. The van der Waals surface area contributed by atoms with Crippen molar-refractivity contribution in [2.75, 3.05) is 37.0 Å². The Kier molecular flexibility index (Phi) is 6.64. The number of hydrogen-bond acceptors (Lipinski definition) is 7. The molecule has 2 aliphatic heterocycles. The molecule has 0 bridgehead atoms.